The van der Waals surface area contributed by atoms with E-state index < -0.39 is 0 Å². The molecule has 0 radical (unpaired) electrons. The lowest BCUT2D eigenvalue weighted by Crippen LogP contribution is -3.14. The van der Waals surface area contributed by atoms with Crippen LogP contribution in [0, 0.1) is 0 Å². The summed E-state index contributed by atoms with van der Waals surface area (Å²) in [4.78, 5) is 1.60. The molecule has 2 rings (SSSR count). The minimum Gasteiger partial charge on any atom is -0.399 e. The molecule has 1 aliphatic rings. The maximum absolute atomic E-state index is 5.77. The van der Waals surface area contributed by atoms with Crippen molar-refractivity contribution < 1.29 is 9.64 Å². The van der Waals surface area contributed by atoms with Crippen molar-refractivity contribution in [3.8, 4) is 0 Å². The Bertz CT molecular complexity index is 543. The van der Waals surface area contributed by atoms with Gasteiger partial charge in [-0.3, -0.25) is 5.43 Å². The number of quaternary nitrogens is 1. The smallest absolute Gasteiger partial charge is 0.186 e. The fourth-order valence-electron chi connectivity index (χ4n) is 2.45. The molecule has 0 aliphatic carbocycles. The van der Waals surface area contributed by atoms with Gasteiger partial charge in [-0.05, 0) is 36.8 Å². The van der Waals surface area contributed by atoms with Gasteiger partial charge in [-0.1, -0.05) is 12.1 Å². The van der Waals surface area contributed by atoms with E-state index in [1.165, 1.54) is 0 Å². The highest BCUT2D eigenvalue weighted by Crippen LogP contribution is 2.07. The third-order valence-corrected chi connectivity index (χ3v) is 4.06. The van der Waals surface area contributed by atoms with Gasteiger partial charge in [-0.25, -0.2) is 0 Å². The van der Waals surface area contributed by atoms with Gasteiger partial charge < -0.3 is 20.7 Å². The van der Waals surface area contributed by atoms with Crippen LogP contribution >= 0.6 is 12.2 Å². The van der Waals surface area contributed by atoms with E-state index in [0.717, 1.165) is 62.8 Å². The maximum atomic E-state index is 5.77. The van der Waals surface area contributed by atoms with E-state index in [-0.39, 0.29) is 0 Å². The third-order valence-electron chi connectivity index (χ3n) is 3.82. The van der Waals surface area contributed by atoms with Gasteiger partial charge in [0.25, 0.3) is 0 Å². The van der Waals surface area contributed by atoms with Crippen molar-refractivity contribution >= 4 is 28.7 Å². The highest BCUT2D eigenvalue weighted by Gasteiger charge is 2.12. The normalized spacial score (nSPS) is 16.1. The largest absolute Gasteiger partial charge is 0.399 e. The van der Waals surface area contributed by atoms with E-state index in [9.17, 15) is 0 Å². The molecule has 1 saturated heterocycles. The number of morpholine rings is 1. The first-order chi connectivity index (χ1) is 11.1. The van der Waals surface area contributed by atoms with Crippen LogP contribution in [0.2, 0.25) is 0 Å². The summed E-state index contributed by atoms with van der Waals surface area (Å²) in [6.07, 6.45) is 1.08. The highest BCUT2D eigenvalue weighted by molar-refractivity contribution is 7.80. The van der Waals surface area contributed by atoms with E-state index in [1.54, 1.807) is 4.90 Å². The molecule has 1 fully saturated rings. The standard InChI is InChI=1S/C16H25N5OS/c1-13(14-4-2-5-15(17)12-14)19-20-16(23)18-6-3-7-21-8-10-22-11-9-21/h2,4-5,12H,3,6-11,17H2,1H3,(H2,18,20,23)/p+1/b19-13-. The molecule has 1 aliphatic heterocycles. The van der Waals surface area contributed by atoms with Gasteiger partial charge >= 0.3 is 0 Å². The molecule has 0 unspecified atom stereocenters. The topological polar surface area (TPSA) is 76.1 Å². The Morgan fingerprint density at radius 1 is 1.39 bits per heavy atom. The van der Waals surface area contributed by atoms with Crippen LogP contribution in [-0.2, 0) is 4.74 Å². The number of nitrogens with one attached hydrogen (secondary N) is 3. The van der Waals surface area contributed by atoms with Gasteiger partial charge in [0.05, 0.1) is 25.5 Å². The van der Waals surface area contributed by atoms with Crippen molar-refractivity contribution in [2.24, 2.45) is 5.10 Å². The van der Waals surface area contributed by atoms with Gasteiger partial charge in [-0.2, -0.15) is 5.10 Å². The molecule has 23 heavy (non-hydrogen) atoms. The summed E-state index contributed by atoms with van der Waals surface area (Å²) in [5, 5.41) is 8.02. The summed E-state index contributed by atoms with van der Waals surface area (Å²) in [6, 6.07) is 7.63. The Kier molecular flexibility index (Phi) is 7.25. The molecule has 0 amide bonds. The molecular weight excluding hydrogens is 310 g/mol. The lowest BCUT2D eigenvalue weighted by molar-refractivity contribution is -0.908. The second-order valence-corrected chi connectivity index (χ2v) is 6.06. The first-order valence-corrected chi connectivity index (χ1v) is 8.41. The zero-order valence-electron chi connectivity index (χ0n) is 13.6. The second kappa shape index (κ2) is 9.44. The zero-order valence-corrected chi connectivity index (χ0v) is 14.4. The van der Waals surface area contributed by atoms with E-state index in [2.05, 4.69) is 15.8 Å². The van der Waals surface area contributed by atoms with E-state index in [0.29, 0.717) is 5.11 Å². The summed E-state index contributed by atoms with van der Waals surface area (Å²) in [5.41, 5.74) is 11.2. The molecule has 1 aromatic rings. The van der Waals surface area contributed by atoms with E-state index in [1.807, 2.05) is 31.2 Å². The van der Waals surface area contributed by atoms with Gasteiger partial charge in [0.2, 0.25) is 0 Å². The molecule has 6 nitrogen and oxygen atoms in total. The van der Waals surface area contributed by atoms with Crippen molar-refractivity contribution in [1.82, 2.24) is 10.7 Å². The number of anilines is 1. The molecule has 0 aromatic heterocycles. The van der Waals surface area contributed by atoms with Crippen molar-refractivity contribution in [2.45, 2.75) is 13.3 Å². The van der Waals surface area contributed by atoms with Crippen LogP contribution in [0.3, 0.4) is 0 Å². The SMILES string of the molecule is C/C(=N/NC(=S)NCCC[NH+]1CCOCC1)c1cccc(N)c1. The summed E-state index contributed by atoms with van der Waals surface area (Å²) >= 11 is 5.24. The Morgan fingerprint density at radius 3 is 2.91 bits per heavy atom. The van der Waals surface area contributed by atoms with Crippen LogP contribution in [0.1, 0.15) is 18.9 Å². The number of nitrogens with two attached hydrogens (primary N) is 1. The first kappa shape index (κ1) is 17.7. The average Bonchev–Trinajstić information content (AvgIpc) is 2.57. The lowest BCUT2D eigenvalue weighted by Gasteiger charge is -2.23. The lowest BCUT2D eigenvalue weighted by atomic mass is 10.1. The van der Waals surface area contributed by atoms with Gasteiger partial charge in [0.15, 0.2) is 5.11 Å². The number of hydrogen-bond acceptors (Lipinski definition) is 4. The van der Waals surface area contributed by atoms with Crippen LogP contribution in [0.5, 0.6) is 0 Å². The number of rotatable bonds is 6. The van der Waals surface area contributed by atoms with Crippen molar-refractivity contribution in [3.63, 3.8) is 0 Å². The molecule has 5 N–H and O–H groups in total. The minimum atomic E-state index is 0.547. The maximum Gasteiger partial charge on any atom is 0.186 e. The molecule has 1 heterocycles. The summed E-state index contributed by atoms with van der Waals surface area (Å²) < 4.78 is 5.35. The Hall–Kier alpha value is -1.70. The minimum absolute atomic E-state index is 0.547. The highest BCUT2D eigenvalue weighted by atomic mass is 32.1. The van der Waals surface area contributed by atoms with E-state index >= 15 is 0 Å². The molecular formula is C16H26N5OS+. The van der Waals surface area contributed by atoms with Crippen molar-refractivity contribution in [2.75, 3.05) is 45.1 Å². The Morgan fingerprint density at radius 2 is 2.17 bits per heavy atom. The van der Waals surface area contributed by atoms with Gasteiger partial charge in [-0.15, -0.1) is 0 Å². The molecule has 0 bridgehead atoms. The number of ether oxygens (including phenoxy) is 1. The number of nitrogen functional groups attached to an aromatic ring is 1. The van der Waals surface area contributed by atoms with Gasteiger partial charge in [0, 0.05) is 18.7 Å². The molecule has 0 atom stereocenters. The molecule has 0 saturated carbocycles. The Labute approximate surface area is 143 Å². The number of thiocarbonyl (C=S) groups is 1. The molecule has 0 spiro atoms. The third kappa shape index (κ3) is 6.52. The van der Waals surface area contributed by atoms with E-state index in [4.69, 9.17) is 22.7 Å². The van der Waals surface area contributed by atoms with Crippen molar-refractivity contribution in [1.29, 1.82) is 0 Å². The van der Waals surface area contributed by atoms with Gasteiger partial charge in [0.1, 0.15) is 13.1 Å². The zero-order chi connectivity index (χ0) is 16.5. The Balaban J connectivity index is 1.65. The molecule has 126 valence electrons. The predicted octanol–water partition coefficient (Wildman–Crippen LogP) is -0.238. The summed E-state index contributed by atoms with van der Waals surface area (Å²) in [5.74, 6) is 0. The predicted molar refractivity (Wildman–Crippen MR) is 97.8 cm³/mol. The van der Waals surface area contributed by atoms with Crippen LogP contribution in [0.25, 0.3) is 0 Å². The number of benzene rings is 1. The average molecular weight is 336 g/mol. The quantitative estimate of drug-likeness (QED) is 0.190. The number of hydrazone groups is 1. The first-order valence-electron chi connectivity index (χ1n) is 8.00. The second-order valence-electron chi connectivity index (χ2n) is 5.66. The van der Waals surface area contributed by atoms with Crippen LogP contribution < -0.4 is 21.4 Å². The monoisotopic (exact) mass is 336 g/mol. The fraction of sp³-hybridized carbons (Fsp3) is 0.500. The van der Waals surface area contributed by atoms with Crippen LogP contribution in [-0.4, -0.2) is 50.2 Å². The number of hydrogen-bond donors (Lipinski definition) is 4. The molecule has 7 heteroatoms. The summed E-state index contributed by atoms with van der Waals surface area (Å²) in [6.45, 7) is 7.88. The fourth-order valence-corrected chi connectivity index (χ4v) is 2.60. The molecule has 1 aromatic carbocycles. The van der Waals surface area contributed by atoms with Crippen LogP contribution in [0.4, 0.5) is 5.69 Å². The van der Waals surface area contributed by atoms with Crippen LogP contribution in [0.15, 0.2) is 29.4 Å². The summed E-state index contributed by atoms with van der Waals surface area (Å²) in [7, 11) is 0. The van der Waals surface area contributed by atoms with Crippen molar-refractivity contribution in [3.05, 3.63) is 29.8 Å². The number of nitrogens with zero attached hydrogens (tertiary/aromatic N) is 1.